The van der Waals surface area contributed by atoms with E-state index in [2.05, 4.69) is 5.32 Å². The van der Waals surface area contributed by atoms with Gasteiger partial charge >= 0.3 is 0 Å². The maximum atomic E-state index is 13.7. The second kappa shape index (κ2) is 6.48. The molecule has 0 radical (unpaired) electrons. The van der Waals surface area contributed by atoms with E-state index >= 15 is 0 Å². The summed E-state index contributed by atoms with van der Waals surface area (Å²) in [5.74, 6) is -0.491. The monoisotopic (exact) mass is 276 g/mol. The molecule has 2 nitrogen and oxygen atoms in total. The van der Waals surface area contributed by atoms with Crippen molar-refractivity contribution < 1.29 is 8.78 Å². The lowest BCUT2D eigenvalue weighted by Gasteiger charge is -2.23. The summed E-state index contributed by atoms with van der Waals surface area (Å²) in [4.78, 5) is 1.92. The number of nitrogens with zero attached hydrogens (tertiary/aromatic N) is 1. The average molecular weight is 276 g/mol. The van der Waals surface area contributed by atoms with Crippen molar-refractivity contribution in [3.63, 3.8) is 0 Å². The van der Waals surface area contributed by atoms with Crippen molar-refractivity contribution in [2.24, 2.45) is 0 Å². The molecule has 0 saturated heterocycles. The first-order valence-corrected chi connectivity index (χ1v) is 6.49. The quantitative estimate of drug-likeness (QED) is 0.901. The summed E-state index contributed by atoms with van der Waals surface area (Å²) in [7, 11) is 3.68. The highest BCUT2D eigenvalue weighted by Crippen LogP contribution is 2.23. The van der Waals surface area contributed by atoms with Crippen LogP contribution < -0.4 is 10.2 Å². The van der Waals surface area contributed by atoms with E-state index in [1.165, 1.54) is 18.2 Å². The van der Waals surface area contributed by atoms with Gasteiger partial charge in [-0.3, -0.25) is 0 Å². The summed E-state index contributed by atoms with van der Waals surface area (Å²) in [6.07, 6.45) is 0. The molecular weight excluding hydrogens is 258 g/mol. The van der Waals surface area contributed by atoms with E-state index in [0.29, 0.717) is 18.7 Å². The standard InChI is InChI=1S/C16H18F2N2/c1-19-10-13-9-14(17)7-8-16(13)20(2)11-12-5-3-4-6-15(12)18/h3-9,19H,10-11H2,1-2H3. The van der Waals surface area contributed by atoms with Gasteiger partial charge < -0.3 is 10.2 Å². The fourth-order valence-corrected chi connectivity index (χ4v) is 2.23. The maximum absolute atomic E-state index is 13.7. The van der Waals surface area contributed by atoms with Gasteiger partial charge in [0.05, 0.1) is 0 Å². The minimum atomic E-state index is -0.265. The predicted octanol–water partition coefficient (Wildman–Crippen LogP) is 3.32. The van der Waals surface area contributed by atoms with Crippen LogP contribution in [-0.2, 0) is 13.1 Å². The zero-order valence-electron chi connectivity index (χ0n) is 11.7. The Hall–Kier alpha value is -1.94. The van der Waals surface area contributed by atoms with Crippen molar-refractivity contribution in [2.75, 3.05) is 19.0 Å². The molecule has 0 aromatic heterocycles. The largest absolute Gasteiger partial charge is 0.370 e. The van der Waals surface area contributed by atoms with Gasteiger partial charge in [-0.15, -0.1) is 0 Å². The van der Waals surface area contributed by atoms with Crippen molar-refractivity contribution in [1.82, 2.24) is 5.32 Å². The van der Waals surface area contributed by atoms with Gasteiger partial charge in [0.25, 0.3) is 0 Å². The van der Waals surface area contributed by atoms with E-state index in [-0.39, 0.29) is 11.6 Å². The summed E-state index contributed by atoms with van der Waals surface area (Å²) < 4.78 is 27.0. The van der Waals surface area contributed by atoms with Gasteiger partial charge in [0, 0.05) is 31.4 Å². The minimum absolute atomic E-state index is 0.225. The summed E-state index contributed by atoms with van der Waals surface area (Å²) in [6.45, 7) is 1.00. The van der Waals surface area contributed by atoms with Crippen molar-refractivity contribution in [1.29, 1.82) is 0 Å². The third kappa shape index (κ3) is 3.33. The third-order valence-electron chi connectivity index (χ3n) is 3.19. The van der Waals surface area contributed by atoms with Crippen LogP contribution in [0.4, 0.5) is 14.5 Å². The van der Waals surface area contributed by atoms with Crippen LogP contribution in [0.1, 0.15) is 11.1 Å². The van der Waals surface area contributed by atoms with E-state index in [9.17, 15) is 8.78 Å². The molecule has 20 heavy (non-hydrogen) atoms. The Morgan fingerprint density at radius 2 is 1.80 bits per heavy atom. The summed E-state index contributed by atoms with van der Waals surface area (Å²) in [6, 6.07) is 11.3. The molecule has 0 saturated carbocycles. The van der Waals surface area contributed by atoms with Crippen molar-refractivity contribution in [2.45, 2.75) is 13.1 Å². The van der Waals surface area contributed by atoms with Gasteiger partial charge in [-0.05, 0) is 36.9 Å². The first-order chi connectivity index (χ1) is 9.61. The van der Waals surface area contributed by atoms with E-state index in [1.54, 1.807) is 18.2 Å². The van der Waals surface area contributed by atoms with Gasteiger partial charge in [-0.1, -0.05) is 18.2 Å². The molecule has 0 amide bonds. The SMILES string of the molecule is CNCc1cc(F)ccc1N(C)Cc1ccccc1F. The lowest BCUT2D eigenvalue weighted by atomic mass is 10.1. The first-order valence-electron chi connectivity index (χ1n) is 6.49. The lowest BCUT2D eigenvalue weighted by Crippen LogP contribution is -2.20. The first kappa shape index (κ1) is 14.5. The number of benzene rings is 2. The number of halogens is 2. The van der Waals surface area contributed by atoms with Gasteiger partial charge in [0.15, 0.2) is 0 Å². The predicted molar refractivity (Wildman–Crippen MR) is 77.7 cm³/mol. The lowest BCUT2D eigenvalue weighted by molar-refractivity contribution is 0.606. The third-order valence-corrected chi connectivity index (χ3v) is 3.19. The highest BCUT2D eigenvalue weighted by Gasteiger charge is 2.10. The average Bonchev–Trinajstić information content (AvgIpc) is 2.42. The summed E-state index contributed by atoms with van der Waals surface area (Å²) >= 11 is 0. The van der Waals surface area contributed by atoms with Crippen LogP contribution in [0.15, 0.2) is 42.5 Å². The molecule has 0 spiro atoms. The van der Waals surface area contributed by atoms with Crippen LogP contribution in [-0.4, -0.2) is 14.1 Å². The molecule has 0 atom stereocenters. The fourth-order valence-electron chi connectivity index (χ4n) is 2.23. The molecule has 2 aromatic rings. The van der Waals surface area contributed by atoms with E-state index in [1.807, 2.05) is 25.1 Å². The topological polar surface area (TPSA) is 15.3 Å². The fraction of sp³-hybridized carbons (Fsp3) is 0.250. The number of hydrogen-bond donors (Lipinski definition) is 1. The van der Waals surface area contributed by atoms with Crippen LogP contribution in [0.5, 0.6) is 0 Å². The van der Waals surface area contributed by atoms with Crippen molar-refractivity contribution >= 4 is 5.69 Å². The number of hydrogen-bond acceptors (Lipinski definition) is 2. The second-order valence-electron chi connectivity index (χ2n) is 4.75. The Labute approximate surface area is 118 Å². The van der Waals surface area contributed by atoms with Gasteiger partial charge in [-0.2, -0.15) is 0 Å². The molecule has 0 fully saturated rings. The van der Waals surface area contributed by atoms with E-state index in [4.69, 9.17) is 0 Å². The Morgan fingerprint density at radius 3 is 2.50 bits per heavy atom. The zero-order chi connectivity index (χ0) is 14.5. The number of rotatable bonds is 5. The second-order valence-corrected chi connectivity index (χ2v) is 4.75. The van der Waals surface area contributed by atoms with Crippen LogP contribution in [0.2, 0.25) is 0 Å². The molecular formula is C16H18F2N2. The molecule has 2 rings (SSSR count). The summed E-state index contributed by atoms with van der Waals surface area (Å²) in [5.41, 5.74) is 2.37. The molecule has 0 heterocycles. The Balaban J connectivity index is 2.25. The van der Waals surface area contributed by atoms with Crippen molar-refractivity contribution in [3.05, 3.63) is 65.2 Å². The Kier molecular flexibility index (Phi) is 4.69. The highest BCUT2D eigenvalue weighted by atomic mass is 19.1. The maximum Gasteiger partial charge on any atom is 0.128 e. The normalized spacial score (nSPS) is 10.6. The van der Waals surface area contributed by atoms with Gasteiger partial charge in [0.2, 0.25) is 0 Å². The molecule has 0 aliphatic heterocycles. The van der Waals surface area contributed by atoms with Crippen molar-refractivity contribution in [3.8, 4) is 0 Å². The van der Waals surface area contributed by atoms with E-state index < -0.39 is 0 Å². The van der Waals surface area contributed by atoms with E-state index in [0.717, 1.165) is 11.3 Å². The Morgan fingerprint density at radius 1 is 1.05 bits per heavy atom. The van der Waals surface area contributed by atoms with Crippen LogP contribution >= 0.6 is 0 Å². The molecule has 4 heteroatoms. The minimum Gasteiger partial charge on any atom is -0.370 e. The highest BCUT2D eigenvalue weighted by molar-refractivity contribution is 5.53. The van der Waals surface area contributed by atoms with Gasteiger partial charge in [-0.25, -0.2) is 8.78 Å². The molecule has 1 N–H and O–H groups in total. The molecule has 106 valence electrons. The molecule has 0 unspecified atom stereocenters. The summed E-state index contributed by atoms with van der Waals surface area (Å²) in [5, 5.41) is 3.01. The molecule has 0 bridgehead atoms. The zero-order valence-corrected chi connectivity index (χ0v) is 11.7. The van der Waals surface area contributed by atoms with Crippen LogP contribution in [0.25, 0.3) is 0 Å². The van der Waals surface area contributed by atoms with Crippen LogP contribution in [0, 0.1) is 11.6 Å². The molecule has 2 aromatic carbocycles. The number of nitrogens with one attached hydrogen (secondary N) is 1. The molecule has 0 aliphatic rings. The smallest absolute Gasteiger partial charge is 0.128 e. The van der Waals surface area contributed by atoms with Gasteiger partial charge in [0.1, 0.15) is 11.6 Å². The number of anilines is 1. The molecule has 0 aliphatic carbocycles. The van der Waals surface area contributed by atoms with Crippen LogP contribution in [0.3, 0.4) is 0 Å². The Bertz CT molecular complexity index is 584.